The van der Waals surface area contributed by atoms with Gasteiger partial charge in [0, 0.05) is 32.7 Å². The number of benzene rings is 2. The molecule has 3 rings (SSSR count). The van der Waals surface area contributed by atoms with Crippen LogP contribution in [0.2, 0.25) is 0 Å². The second kappa shape index (κ2) is 8.43. The molecular formula is C20H21F3N2O2. The number of ether oxygens (including phenoxy) is 1. The van der Waals surface area contributed by atoms with Crippen LogP contribution in [0.25, 0.3) is 0 Å². The van der Waals surface area contributed by atoms with Gasteiger partial charge in [-0.25, -0.2) is 4.79 Å². The summed E-state index contributed by atoms with van der Waals surface area (Å²) in [4.78, 5) is 16.1. The number of hydrogen-bond donors (Lipinski definition) is 0. The number of nitrogens with zero attached hydrogens (tertiary/aromatic N) is 2. The van der Waals surface area contributed by atoms with Gasteiger partial charge >= 0.3 is 12.3 Å². The summed E-state index contributed by atoms with van der Waals surface area (Å²) in [6.07, 6.45) is -3.91. The first kappa shape index (κ1) is 19.2. The lowest BCUT2D eigenvalue weighted by atomic mass is 10.1. The minimum atomic E-state index is -4.32. The van der Waals surface area contributed by atoms with Gasteiger partial charge in [-0.3, -0.25) is 4.90 Å². The fourth-order valence-electron chi connectivity index (χ4n) is 3.02. The van der Waals surface area contributed by atoms with Crippen molar-refractivity contribution >= 4 is 6.09 Å². The monoisotopic (exact) mass is 378 g/mol. The van der Waals surface area contributed by atoms with Gasteiger partial charge in [-0.15, -0.1) is 0 Å². The quantitative estimate of drug-likeness (QED) is 0.793. The van der Waals surface area contributed by atoms with Crippen LogP contribution in [0.15, 0.2) is 54.6 Å². The van der Waals surface area contributed by atoms with E-state index in [0.29, 0.717) is 31.9 Å². The van der Waals surface area contributed by atoms with E-state index in [1.807, 2.05) is 6.07 Å². The van der Waals surface area contributed by atoms with Gasteiger partial charge in [0.1, 0.15) is 5.75 Å². The van der Waals surface area contributed by atoms with Crippen molar-refractivity contribution in [3.63, 3.8) is 0 Å². The molecule has 144 valence electrons. The van der Waals surface area contributed by atoms with Gasteiger partial charge in [0.15, 0.2) is 0 Å². The molecule has 0 bridgehead atoms. The molecule has 0 saturated carbocycles. The molecule has 27 heavy (non-hydrogen) atoms. The lowest BCUT2D eigenvalue weighted by Crippen LogP contribution is -2.36. The summed E-state index contributed by atoms with van der Waals surface area (Å²) in [5, 5.41) is 0. The van der Waals surface area contributed by atoms with E-state index >= 15 is 0 Å². The third-order valence-electron chi connectivity index (χ3n) is 4.48. The van der Waals surface area contributed by atoms with Crippen LogP contribution in [0.3, 0.4) is 0 Å². The van der Waals surface area contributed by atoms with Crippen molar-refractivity contribution in [2.24, 2.45) is 0 Å². The van der Waals surface area contributed by atoms with E-state index in [0.717, 1.165) is 30.7 Å². The Morgan fingerprint density at radius 1 is 0.926 bits per heavy atom. The van der Waals surface area contributed by atoms with E-state index in [1.54, 1.807) is 29.2 Å². The molecule has 0 aromatic heterocycles. The van der Waals surface area contributed by atoms with Crippen molar-refractivity contribution in [3.8, 4) is 5.75 Å². The van der Waals surface area contributed by atoms with Crippen LogP contribution in [0.1, 0.15) is 17.5 Å². The van der Waals surface area contributed by atoms with Crippen LogP contribution in [0.4, 0.5) is 18.0 Å². The molecule has 1 fully saturated rings. The molecular weight excluding hydrogens is 357 g/mol. The summed E-state index contributed by atoms with van der Waals surface area (Å²) >= 11 is 0. The van der Waals surface area contributed by atoms with E-state index in [9.17, 15) is 18.0 Å². The van der Waals surface area contributed by atoms with Gasteiger partial charge in [0.2, 0.25) is 0 Å². The highest BCUT2D eigenvalue weighted by atomic mass is 19.4. The van der Waals surface area contributed by atoms with Crippen LogP contribution < -0.4 is 4.74 Å². The topological polar surface area (TPSA) is 32.8 Å². The predicted molar refractivity (Wildman–Crippen MR) is 95.4 cm³/mol. The van der Waals surface area contributed by atoms with Crippen LogP contribution >= 0.6 is 0 Å². The van der Waals surface area contributed by atoms with E-state index < -0.39 is 11.7 Å². The Bertz CT molecular complexity index is 748. The number of rotatable bonds is 3. The minimum Gasteiger partial charge on any atom is -0.410 e. The minimum absolute atomic E-state index is 0.377. The number of carbonyl (C=O) groups is 1. The molecule has 1 amide bonds. The van der Waals surface area contributed by atoms with Crippen molar-refractivity contribution in [1.82, 2.24) is 9.80 Å². The number of halogens is 3. The van der Waals surface area contributed by atoms with Crippen LogP contribution in [-0.2, 0) is 12.7 Å². The van der Waals surface area contributed by atoms with E-state index in [4.69, 9.17) is 4.74 Å². The number of amides is 1. The van der Waals surface area contributed by atoms with E-state index in [1.165, 1.54) is 12.1 Å². The number of carbonyl (C=O) groups excluding carboxylic acids is 1. The molecule has 0 spiro atoms. The first-order valence-corrected chi connectivity index (χ1v) is 8.82. The summed E-state index contributed by atoms with van der Waals surface area (Å²) in [7, 11) is 0. The Kier molecular flexibility index (Phi) is 6.01. The maximum atomic E-state index is 12.6. The highest BCUT2D eigenvalue weighted by Crippen LogP contribution is 2.29. The average molecular weight is 378 g/mol. The number of hydrogen-bond acceptors (Lipinski definition) is 3. The Labute approximate surface area is 156 Å². The Morgan fingerprint density at radius 2 is 1.63 bits per heavy atom. The lowest BCUT2D eigenvalue weighted by molar-refractivity contribution is -0.137. The number of alkyl halides is 3. The average Bonchev–Trinajstić information content (AvgIpc) is 2.88. The largest absolute Gasteiger partial charge is 0.416 e. The molecule has 1 saturated heterocycles. The maximum Gasteiger partial charge on any atom is 0.416 e. The maximum absolute atomic E-state index is 12.6. The Morgan fingerprint density at radius 3 is 2.30 bits per heavy atom. The fraction of sp³-hybridized carbons (Fsp3) is 0.350. The molecule has 1 heterocycles. The SMILES string of the molecule is O=C(Oc1ccccc1)N1CCCN(Cc2ccc(C(F)(F)F)cc2)CC1. The molecule has 7 heteroatoms. The van der Waals surface area contributed by atoms with Crippen molar-refractivity contribution < 1.29 is 22.7 Å². The van der Waals surface area contributed by atoms with Gasteiger partial charge in [0.05, 0.1) is 5.56 Å². The highest BCUT2D eigenvalue weighted by molar-refractivity contribution is 5.70. The standard InChI is InChI=1S/C20H21F3N2O2/c21-20(22,23)17-9-7-16(8-10-17)15-24-11-4-12-25(14-13-24)19(26)27-18-5-2-1-3-6-18/h1-3,5-10H,4,11-15H2. The van der Waals surface area contributed by atoms with E-state index in [-0.39, 0.29) is 6.09 Å². The first-order chi connectivity index (χ1) is 12.9. The summed E-state index contributed by atoms with van der Waals surface area (Å²) in [6, 6.07) is 14.1. The third-order valence-corrected chi connectivity index (χ3v) is 4.48. The lowest BCUT2D eigenvalue weighted by Gasteiger charge is -2.21. The zero-order valence-electron chi connectivity index (χ0n) is 14.8. The Balaban J connectivity index is 1.53. The van der Waals surface area contributed by atoms with Crippen LogP contribution in [0, 0.1) is 0 Å². The molecule has 0 N–H and O–H groups in total. The van der Waals surface area contributed by atoms with Crippen molar-refractivity contribution in [2.45, 2.75) is 19.1 Å². The molecule has 0 aliphatic carbocycles. The van der Waals surface area contributed by atoms with Crippen molar-refractivity contribution in [1.29, 1.82) is 0 Å². The third kappa shape index (κ3) is 5.47. The van der Waals surface area contributed by atoms with E-state index in [2.05, 4.69) is 4.90 Å². The van der Waals surface area contributed by atoms with Gasteiger partial charge in [-0.05, 0) is 36.2 Å². The molecule has 2 aromatic carbocycles. The fourth-order valence-corrected chi connectivity index (χ4v) is 3.02. The molecule has 2 aromatic rings. The molecule has 4 nitrogen and oxygen atoms in total. The summed E-state index contributed by atoms with van der Waals surface area (Å²) in [5.41, 5.74) is 0.181. The normalized spacial score (nSPS) is 16.0. The molecule has 1 aliphatic heterocycles. The molecule has 1 aliphatic rings. The second-order valence-electron chi connectivity index (χ2n) is 6.49. The van der Waals surface area contributed by atoms with Crippen molar-refractivity contribution in [3.05, 3.63) is 65.7 Å². The summed E-state index contributed by atoms with van der Waals surface area (Å²) < 4.78 is 43.3. The van der Waals surface area contributed by atoms with Gasteiger partial charge in [-0.1, -0.05) is 30.3 Å². The van der Waals surface area contributed by atoms with Crippen LogP contribution in [-0.4, -0.2) is 42.1 Å². The highest BCUT2D eigenvalue weighted by Gasteiger charge is 2.30. The second-order valence-corrected chi connectivity index (χ2v) is 6.49. The molecule has 0 radical (unpaired) electrons. The van der Waals surface area contributed by atoms with Gasteiger partial charge in [-0.2, -0.15) is 13.2 Å². The summed E-state index contributed by atoms with van der Waals surface area (Å²) in [6.45, 7) is 3.09. The Hall–Kier alpha value is -2.54. The predicted octanol–water partition coefficient (Wildman–Crippen LogP) is 4.41. The smallest absolute Gasteiger partial charge is 0.410 e. The first-order valence-electron chi connectivity index (χ1n) is 8.82. The van der Waals surface area contributed by atoms with Crippen molar-refractivity contribution in [2.75, 3.05) is 26.2 Å². The van der Waals surface area contributed by atoms with Crippen LogP contribution in [0.5, 0.6) is 5.75 Å². The number of para-hydroxylation sites is 1. The van der Waals surface area contributed by atoms with Gasteiger partial charge < -0.3 is 9.64 Å². The molecule has 0 atom stereocenters. The summed E-state index contributed by atoms with van der Waals surface area (Å²) in [5.74, 6) is 0.508. The zero-order chi connectivity index (χ0) is 19.3. The zero-order valence-corrected chi connectivity index (χ0v) is 14.8. The molecule has 0 unspecified atom stereocenters. The van der Waals surface area contributed by atoms with Gasteiger partial charge in [0.25, 0.3) is 0 Å².